The van der Waals surface area contributed by atoms with Crippen LogP contribution in [-0.2, 0) is 23.0 Å². The van der Waals surface area contributed by atoms with E-state index in [4.69, 9.17) is 0 Å². The molecule has 0 spiro atoms. The van der Waals surface area contributed by atoms with Gasteiger partial charge in [0.05, 0.1) is 0 Å². The molecular formula is C26H26O3S. The average Bonchev–Trinajstić information content (AvgIpc) is 2.69. The Morgan fingerprint density at radius 3 is 2.10 bits per heavy atom. The van der Waals surface area contributed by atoms with E-state index < -0.39 is 10.1 Å². The Morgan fingerprint density at radius 1 is 0.733 bits per heavy atom. The van der Waals surface area contributed by atoms with Gasteiger partial charge in [-0.15, -0.1) is 0 Å². The molecule has 0 aliphatic heterocycles. The fraction of sp³-hybridized carbons (Fsp3) is 0.231. The molecule has 0 aromatic heterocycles. The zero-order chi connectivity index (χ0) is 21.5. The van der Waals surface area contributed by atoms with Crippen LogP contribution in [-0.4, -0.2) is 13.0 Å². The van der Waals surface area contributed by atoms with Crippen molar-refractivity contribution >= 4 is 31.7 Å². The molecule has 0 amide bonds. The Bertz CT molecular complexity index is 1370. The molecule has 4 aromatic rings. The highest BCUT2D eigenvalue weighted by Crippen LogP contribution is 2.33. The smallest absolute Gasteiger partial charge is 0.282 e. The molecule has 1 N–H and O–H groups in total. The standard InChI is InChI=1S/C26H26O3S/c1-4-7-19-13-14-20(22-10-5-8-17(2)25(19)22)16-21-9-6-11-23-24(30(27,28)29)15-12-18(3)26(21)23/h5-6,8-15H,4,7,16H2,1-3H3,(H,27,28,29). The molecule has 0 radical (unpaired) electrons. The zero-order valence-electron chi connectivity index (χ0n) is 17.6. The van der Waals surface area contributed by atoms with Gasteiger partial charge in [0.25, 0.3) is 10.1 Å². The first-order valence-electron chi connectivity index (χ1n) is 10.3. The van der Waals surface area contributed by atoms with Crippen LogP contribution in [0, 0.1) is 13.8 Å². The molecule has 4 heteroatoms. The summed E-state index contributed by atoms with van der Waals surface area (Å²) in [6.45, 7) is 6.33. The second kappa shape index (κ2) is 7.86. The highest BCUT2D eigenvalue weighted by Gasteiger charge is 2.17. The first kappa shape index (κ1) is 20.6. The summed E-state index contributed by atoms with van der Waals surface area (Å²) in [5.74, 6) is 0. The normalized spacial score (nSPS) is 12.0. The second-order valence-electron chi connectivity index (χ2n) is 8.00. The third-order valence-electron chi connectivity index (χ3n) is 5.90. The van der Waals surface area contributed by atoms with Crippen molar-refractivity contribution in [2.75, 3.05) is 0 Å². The van der Waals surface area contributed by atoms with Gasteiger partial charge in [0, 0.05) is 5.39 Å². The van der Waals surface area contributed by atoms with Gasteiger partial charge in [-0.05, 0) is 76.7 Å². The summed E-state index contributed by atoms with van der Waals surface area (Å²) in [6.07, 6.45) is 2.84. The lowest BCUT2D eigenvalue weighted by atomic mass is 9.89. The quantitative estimate of drug-likeness (QED) is 0.382. The van der Waals surface area contributed by atoms with E-state index in [-0.39, 0.29) is 4.90 Å². The summed E-state index contributed by atoms with van der Waals surface area (Å²) in [6, 6.07) is 19.8. The van der Waals surface area contributed by atoms with Gasteiger partial charge in [0.1, 0.15) is 4.90 Å². The molecule has 0 aliphatic carbocycles. The molecule has 0 saturated carbocycles. The Kier molecular flexibility index (Phi) is 5.39. The minimum absolute atomic E-state index is 0.0380. The van der Waals surface area contributed by atoms with E-state index in [1.54, 1.807) is 12.1 Å². The van der Waals surface area contributed by atoms with Gasteiger partial charge in [0.15, 0.2) is 0 Å². The van der Waals surface area contributed by atoms with E-state index in [9.17, 15) is 13.0 Å². The van der Waals surface area contributed by atoms with Gasteiger partial charge in [-0.3, -0.25) is 4.55 Å². The van der Waals surface area contributed by atoms with Gasteiger partial charge in [0.2, 0.25) is 0 Å². The van der Waals surface area contributed by atoms with Crippen LogP contribution < -0.4 is 0 Å². The monoisotopic (exact) mass is 418 g/mol. The molecule has 30 heavy (non-hydrogen) atoms. The van der Waals surface area contributed by atoms with Gasteiger partial charge in [-0.2, -0.15) is 8.42 Å². The van der Waals surface area contributed by atoms with Crippen LogP contribution in [0.5, 0.6) is 0 Å². The van der Waals surface area contributed by atoms with E-state index in [2.05, 4.69) is 44.2 Å². The second-order valence-corrected chi connectivity index (χ2v) is 9.39. The number of benzene rings is 4. The maximum Gasteiger partial charge on any atom is 0.295 e. The SMILES string of the molecule is CCCc1ccc(Cc2cccc3c(S(=O)(=O)O)ccc(C)c23)c2cccc(C)c12. The fourth-order valence-electron chi connectivity index (χ4n) is 4.59. The maximum atomic E-state index is 11.9. The lowest BCUT2D eigenvalue weighted by Crippen LogP contribution is -2.02. The zero-order valence-corrected chi connectivity index (χ0v) is 18.4. The number of fused-ring (bicyclic) bond motifs is 2. The van der Waals surface area contributed by atoms with Crippen LogP contribution >= 0.6 is 0 Å². The fourth-order valence-corrected chi connectivity index (χ4v) is 5.28. The van der Waals surface area contributed by atoms with Crippen molar-refractivity contribution in [1.29, 1.82) is 0 Å². The summed E-state index contributed by atoms with van der Waals surface area (Å²) >= 11 is 0. The number of aryl methyl sites for hydroxylation is 3. The van der Waals surface area contributed by atoms with E-state index >= 15 is 0 Å². The van der Waals surface area contributed by atoms with Crippen molar-refractivity contribution in [3.8, 4) is 0 Å². The number of hydrogen-bond donors (Lipinski definition) is 1. The van der Waals surface area contributed by atoms with Crippen LogP contribution in [0.25, 0.3) is 21.5 Å². The number of hydrogen-bond acceptors (Lipinski definition) is 2. The van der Waals surface area contributed by atoms with Crippen molar-refractivity contribution in [3.63, 3.8) is 0 Å². The van der Waals surface area contributed by atoms with Crippen LogP contribution in [0.1, 0.15) is 41.2 Å². The average molecular weight is 419 g/mol. The van der Waals surface area contributed by atoms with Crippen LogP contribution in [0.4, 0.5) is 0 Å². The minimum Gasteiger partial charge on any atom is -0.282 e. The van der Waals surface area contributed by atoms with Gasteiger partial charge in [-0.1, -0.05) is 67.9 Å². The topological polar surface area (TPSA) is 54.4 Å². The first-order chi connectivity index (χ1) is 14.3. The number of rotatable bonds is 5. The Hall–Kier alpha value is -2.69. The largest absolute Gasteiger partial charge is 0.295 e. The predicted molar refractivity (Wildman–Crippen MR) is 124 cm³/mol. The summed E-state index contributed by atoms with van der Waals surface area (Å²) in [5.41, 5.74) is 5.92. The molecule has 0 fully saturated rings. The molecule has 3 nitrogen and oxygen atoms in total. The van der Waals surface area contributed by atoms with E-state index in [0.29, 0.717) is 11.8 Å². The molecule has 0 heterocycles. The molecule has 0 saturated heterocycles. The molecule has 0 aliphatic rings. The summed E-state index contributed by atoms with van der Waals surface area (Å²) < 4.78 is 33.5. The lowest BCUT2D eigenvalue weighted by Gasteiger charge is -2.16. The minimum atomic E-state index is -4.29. The highest BCUT2D eigenvalue weighted by molar-refractivity contribution is 7.86. The van der Waals surface area contributed by atoms with Crippen molar-refractivity contribution in [3.05, 3.63) is 88.5 Å². The molecule has 0 bridgehead atoms. The maximum absolute atomic E-state index is 11.9. The van der Waals surface area contributed by atoms with Crippen LogP contribution in [0.15, 0.2) is 65.6 Å². The first-order valence-corrected chi connectivity index (χ1v) is 11.7. The summed E-state index contributed by atoms with van der Waals surface area (Å²) in [5, 5.41) is 4.04. The third kappa shape index (κ3) is 3.62. The molecule has 0 atom stereocenters. The van der Waals surface area contributed by atoms with Crippen LogP contribution in [0.2, 0.25) is 0 Å². The lowest BCUT2D eigenvalue weighted by molar-refractivity contribution is 0.484. The van der Waals surface area contributed by atoms with Crippen molar-refractivity contribution in [1.82, 2.24) is 0 Å². The van der Waals surface area contributed by atoms with Crippen molar-refractivity contribution in [2.24, 2.45) is 0 Å². The Morgan fingerprint density at radius 2 is 1.37 bits per heavy atom. The predicted octanol–water partition coefficient (Wildman–Crippen LogP) is 6.40. The molecule has 4 rings (SSSR count). The molecule has 4 aromatic carbocycles. The van der Waals surface area contributed by atoms with Gasteiger partial charge < -0.3 is 0 Å². The van der Waals surface area contributed by atoms with E-state index in [0.717, 1.165) is 29.4 Å². The third-order valence-corrected chi connectivity index (χ3v) is 6.81. The Labute approximate surface area is 178 Å². The molecular weight excluding hydrogens is 392 g/mol. The van der Waals surface area contributed by atoms with Crippen molar-refractivity contribution < 1.29 is 13.0 Å². The summed E-state index contributed by atoms with van der Waals surface area (Å²) in [7, 11) is -4.29. The van der Waals surface area contributed by atoms with Crippen LogP contribution in [0.3, 0.4) is 0 Å². The summed E-state index contributed by atoms with van der Waals surface area (Å²) in [4.78, 5) is -0.0380. The molecule has 154 valence electrons. The Balaban J connectivity index is 1.94. The molecule has 0 unspecified atom stereocenters. The van der Waals surface area contributed by atoms with E-state index in [1.807, 2.05) is 19.1 Å². The highest BCUT2D eigenvalue weighted by atomic mass is 32.2. The van der Waals surface area contributed by atoms with Gasteiger partial charge >= 0.3 is 0 Å². The van der Waals surface area contributed by atoms with E-state index in [1.165, 1.54) is 33.5 Å². The van der Waals surface area contributed by atoms with Crippen molar-refractivity contribution in [2.45, 2.75) is 44.9 Å². The van der Waals surface area contributed by atoms with Gasteiger partial charge in [-0.25, -0.2) is 0 Å².